The molecule has 0 spiro atoms. The Kier molecular flexibility index (Phi) is 5.13. The maximum atomic E-state index is 13.4. The largest absolute Gasteiger partial charge is 0.481 e. The van der Waals surface area contributed by atoms with Crippen LogP contribution in [-0.4, -0.2) is 18.4 Å². The Morgan fingerprint density at radius 1 is 1.17 bits per heavy atom. The van der Waals surface area contributed by atoms with Gasteiger partial charge in [-0.15, -0.1) is 0 Å². The van der Waals surface area contributed by atoms with Crippen molar-refractivity contribution in [3.8, 4) is 5.75 Å². The molecule has 0 aliphatic rings. The van der Waals surface area contributed by atoms with Crippen LogP contribution in [0, 0.1) is 11.6 Å². The van der Waals surface area contributed by atoms with E-state index in [1.54, 1.807) is 0 Å². The molecule has 2 aromatic rings. The highest BCUT2D eigenvalue weighted by Gasteiger charge is 2.13. The van der Waals surface area contributed by atoms with Gasteiger partial charge in [0.05, 0.1) is 11.3 Å². The summed E-state index contributed by atoms with van der Waals surface area (Å²) in [6.45, 7) is -0.548. The van der Waals surface area contributed by atoms with Crippen LogP contribution in [0.4, 0.5) is 14.5 Å². The monoisotopic (exact) mass is 340 g/mol. The van der Waals surface area contributed by atoms with Crippen molar-refractivity contribution in [1.29, 1.82) is 0 Å². The number of amides is 2. The molecule has 5 nitrogen and oxygen atoms in total. The summed E-state index contributed by atoms with van der Waals surface area (Å²) >= 11 is 5.79. The number of anilines is 1. The second kappa shape index (κ2) is 7.06. The summed E-state index contributed by atoms with van der Waals surface area (Å²) in [4.78, 5) is 23.1. The Morgan fingerprint density at radius 3 is 2.57 bits per heavy atom. The highest BCUT2D eigenvalue weighted by atomic mass is 35.5. The first-order valence-electron chi connectivity index (χ1n) is 6.34. The average molecular weight is 341 g/mol. The lowest BCUT2D eigenvalue weighted by Crippen LogP contribution is -2.23. The van der Waals surface area contributed by atoms with Gasteiger partial charge < -0.3 is 15.8 Å². The Labute approximate surface area is 135 Å². The van der Waals surface area contributed by atoms with Gasteiger partial charge in [0.2, 0.25) is 0 Å². The quantitative estimate of drug-likeness (QED) is 0.878. The summed E-state index contributed by atoms with van der Waals surface area (Å²) < 4.78 is 31.1. The van der Waals surface area contributed by atoms with Gasteiger partial charge >= 0.3 is 0 Å². The lowest BCUT2D eigenvalue weighted by Gasteiger charge is -2.11. The number of hydrogen-bond donors (Lipinski definition) is 2. The Balaban J connectivity index is 2.05. The molecule has 0 aromatic heterocycles. The van der Waals surface area contributed by atoms with Crippen molar-refractivity contribution in [1.82, 2.24) is 0 Å². The van der Waals surface area contributed by atoms with Crippen LogP contribution < -0.4 is 15.8 Å². The molecule has 0 heterocycles. The summed E-state index contributed by atoms with van der Waals surface area (Å²) in [5, 5.41) is 2.68. The van der Waals surface area contributed by atoms with Crippen LogP contribution in [0.25, 0.3) is 0 Å². The van der Waals surface area contributed by atoms with E-state index in [-0.39, 0.29) is 22.0 Å². The van der Waals surface area contributed by atoms with Crippen LogP contribution in [0.3, 0.4) is 0 Å². The number of halogens is 3. The molecular weight excluding hydrogens is 330 g/mol. The van der Waals surface area contributed by atoms with Gasteiger partial charge in [-0.1, -0.05) is 11.6 Å². The van der Waals surface area contributed by atoms with Crippen molar-refractivity contribution in [3.63, 3.8) is 0 Å². The molecule has 2 amide bonds. The van der Waals surface area contributed by atoms with E-state index in [0.29, 0.717) is 6.07 Å². The molecule has 0 bridgehead atoms. The molecular formula is C15H11ClF2N2O3. The third kappa shape index (κ3) is 4.40. The first-order chi connectivity index (χ1) is 10.9. The fourth-order valence-corrected chi connectivity index (χ4v) is 1.93. The Hall–Kier alpha value is -2.67. The highest BCUT2D eigenvalue weighted by molar-refractivity contribution is 6.31. The van der Waals surface area contributed by atoms with Crippen molar-refractivity contribution >= 4 is 29.1 Å². The summed E-state index contributed by atoms with van der Waals surface area (Å²) in [6, 6.07) is 6.85. The second-order valence-electron chi connectivity index (χ2n) is 4.47. The summed E-state index contributed by atoms with van der Waals surface area (Å²) in [6.07, 6.45) is 0. The first-order valence-corrected chi connectivity index (χ1v) is 6.71. The second-order valence-corrected chi connectivity index (χ2v) is 4.90. The molecule has 0 aliphatic heterocycles. The number of carbonyl (C=O) groups is 2. The molecule has 8 heteroatoms. The minimum atomic E-state index is -0.932. The molecule has 0 saturated carbocycles. The molecule has 0 radical (unpaired) electrons. The van der Waals surface area contributed by atoms with Gasteiger partial charge in [0.25, 0.3) is 11.8 Å². The van der Waals surface area contributed by atoms with Crippen molar-refractivity contribution < 1.29 is 23.1 Å². The van der Waals surface area contributed by atoms with E-state index < -0.39 is 30.1 Å². The molecule has 120 valence electrons. The first kappa shape index (κ1) is 16.7. The van der Waals surface area contributed by atoms with Crippen LogP contribution in [0.1, 0.15) is 10.4 Å². The van der Waals surface area contributed by atoms with Gasteiger partial charge in [0.15, 0.2) is 18.2 Å². The number of nitrogens with one attached hydrogen (secondary N) is 1. The van der Waals surface area contributed by atoms with Crippen molar-refractivity contribution in [2.24, 2.45) is 5.73 Å². The van der Waals surface area contributed by atoms with Gasteiger partial charge in [-0.2, -0.15) is 0 Å². The highest BCUT2D eigenvalue weighted by Crippen LogP contribution is 2.21. The number of hydrogen-bond acceptors (Lipinski definition) is 3. The normalized spacial score (nSPS) is 10.2. The van der Waals surface area contributed by atoms with Crippen LogP contribution in [-0.2, 0) is 4.79 Å². The SMILES string of the molecule is NC(=O)c1ccc(Cl)cc1NC(=O)COc1ccc(F)cc1F. The molecule has 0 fully saturated rings. The van der Waals surface area contributed by atoms with Crippen molar-refractivity contribution in [3.05, 3.63) is 58.6 Å². The molecule has 0 aliphatic carbocycles. The number of rotatable bonds is 5. The Morgan fingerprint density at radius 2 is 1.91 bits per heavy atom. The van der Waals surface area contributed by atoms with E-state index in [4.69, 9.17) is 22.1 Å². The zero-order valence-corrected chi connectivity index (χ0v) is 12.4. The van der Waals surface area contributed by atoms with Gasteiger partial charge in [-0.05, 0) is 30.3 Å². The number of ether oxygens (including phenoxy) is 1. The maximum absolute atomic E-state index is 13.4. The summed E-state index contributed by atoms with van der Waals surface area (Å²) in [7, 11) is 0. The molecule has 2 rings (SSSR count). The molecule has 0 unspecified atom stereocenters. The van der Waals surface area contributed by atoms with Gasteiger partial charge in [-0.3, -0.25) is 9.59 Å². The molecule has 23 heavy (non-hydrogen) atoms. The van der Waals surface area contributed by atoms with Crippen molar-refractivity contribution in [2.45, 2.75) is 0 Å². The Bertz CT molecular complexity index is 768. The van der Waals surface area contributed by atoms with Crippen molar-refractivity contribution in [2.75, 3.05) is 11.9 Å². The predicted molar refractivity (Wildman–Crippen MR) is 80.5 cm³/mol. The minimum Gasteiger partial charge on any atom is -0.481 e. The molecule has 3 N–H and O–H groups in total. The lowest BCUT2D eigenvalue weighted by atomic mass is 10.1. The third-order valence-electron chi connectivity index (χ3n) is 2.77. The minimum absolute atomic E-state index is 0.0655. The summed E-state index contributed by atoms with van der Waals surface area (Å²) in [5.74, 6) is -3.38. The fourth-order valence-electron chi connectivity index (χ4n) is 1.76. The van der Waals surface area contributed by atoms with E-state index in [1.807, 2.05) is 0 Å². The maximum Gasteiger partial charge on any atom is 0.262 e. The third-order valence-corrected chi connectivity index (χ3v) is 3.01. The van der Waals surface area contributed by atoms with Crippen LogP contribution in [0.2, 0.25) is 5.02 Å². The van der Waals surface area contributed by atoms with E-state index in [1.165, 1.54) is 18.2 Å². The number of nitrogens with two attached hydrogens (primary N) is 1. The standard InChI is InChI=1S/C15H11ClF2N2O3/c16-8-1-3-10(15(19)22)12(5-8)20-14(21)7-23-13-4-2-9(17)6-11(13)18/h1-6H,7H2,(H2,19,22)(H,20,21). The lowest BCUT2D eigenvalue weighted by molar-refractivity contribution is -0.118. The summed E-state index contributed by atoms with van der Waals surface area (Å²) in [5.41, 5.74) is 5.36. The smallest absolute Gasteiger partial charge is 0.262 e. The predicted octanol–water partition coefficient (Wildman–Crippen LogP) is 2.73. The average Bonchev–Trinajstić information content (AvgIpc) is 2.46. The molecule has 2 aromatic carbocycles. The number of primary amides is 1. The van der Waals surface area contributed by atoms with E-state index in [9.17, 15) is 18.4 Å². The number of carbonyl (C=O) groups excluding carboxylic acids is 2. The molecule has 0 saturated heterocycles. The van der Waals surface area contributed by atoms with Gasteiger partial charge in [0.1, 0.15) is 5.82 Å². The van der Waals surface area contributed by atoms with Crippen LogP contribution in [0.5, 0.6) is 5.75 Å². The topological polar surface area (TPSA) is 81.4 Å². The van der Waals surface area contributed by atoms with E-state index in [0.717, 1.165) is 12.1 Å². The zero-order chi connectivity index (χ0) is 17.0. The zero-order valence-electron chi connectivity index (χ0n) is 11.6. The van der Waals surface area contributed by atoms with Gasteiger partial charge in [0, 0.05) is 11.1 Å². The fraction of sp³-hybridized carbons (Fsp3) is 0.0667. The van der Waals surface area contributed by atoms with Crippen LogP contribution in [0.15, 0.2) is 36.4 Å². The van der Waals surface area contributed by atoms with E-state index in [2.05, 4.69) is 5.32 Å². The van der Waals surface area contributed by atoms with Crippen LogP contribution >= 0.6 is 11.6 Å². The molecule has 0 atom stereocenters. The number of benzene rings is 2. The van der Waals surface area contributed by atoms with Gasteiger partial charge in [-0.25, -0.2) is 8.78 Å². The van der Waals surface area contributed by atoms with E-state index >= 15 is 0 Å².